The van der Waals surface area contributed by atoms with Gasteiger partial charge in [0.2, 0.25) is 11.8 Å². The number of hydrogen-bond donors (Lipinski definition) is 2. The highest BCUT2D eigenvalue weighted by atomic mass is 19.1. The highest BCUT2D eigenvalue weighted by Crippen LogP contribution is 2.45. The van der Waals surface area contributed by atoms with E-state index in [1.807, 2.05) is 30.3 Å². The molecule has 1 aromatic heterocycles. The predicted molar refractivity (Wildman–Crippen MR) is 89.7 cm³/mol. The Bertz CT molecular complexity index is 1000. The first-order valence-electron chi connectivity index (χ1n) is 7.65. The SMILES string of the molecule is N#CC1=C(N)Oc2n[nH]c(-c3ccc(F)cc3)c2C1c1ccccc1. The molecule has 3 aromatic rings. The standard InChI is InChI=1S/C19H13FN4O/c20-13-8-6-12(7-9-13)17-16-15(11-4-2-1-3-5-11)14(10-21)18(22)25-19(16)24-23-17/h1-9,15H,22H2,(H,23,24). The fourth-order valence-electron chi connectivity index (χ4n) is 3.06. The highest BCUT2D eigenvalue weighted by Gasteiger charge is 2.35. The number of hydrogen-bond acceptors (Lipinski definition) is 4. The van der Waals surface area contributed by atoms with Gasteiger partial charge in [-0.05, 0) is 29.8 Å². The van der Waals surface area contributed by atoms with Gasteiger partial charge in [-0.25, -0.2) is 4.39 Å². The van der Waals surface area contributed by atoms with E-state index in [2.05, 4.69) is 16.3 Å². The smallest absolute Gasteiger partial charge is 0.244 e. The summed E-state index contributed by atoms with van der Waals surface area (Å²) in [4.78, 5) is 0. The van der Waals surface area contributed by atoms with Gasteiger partial charge in [0.05, 0.1) is 17.2 Å². The van der Waals surface area contributed by atoms with Crippen molar-refractivity contribution in [3.8, 4) is 23.2 Å². The molecule has 1 aliphatic heterocycles. The van der Waals surface area contributed by atoms with Crippen molar-refractivity contribution in [3.05, 3.63) is 83.0 Å². The summed E-state index contributed by atoms with van der Waals surface area (Å²) in [5, 5.41) is 16.7. The van der Waals surface area contributed by atoms with Crippen molar-refractivity contribution in [3.63, 3.8) is 0 Å². The molecule has 1 aliphatic rings. The van der Waals surface area contributed by atoms with E-state index in [0.29, 0.717) is 22.7 Å². The van der Waals surface area contributed by atoms with Crippen LogP contribution in [0.1, 0.15) is 17.0 Å². The van der Waals surface area contributed by atoms with Crippen molar-refractivity contribution in [1.82, 2.24) is 10.2 Å². The zero-order valence-corrected chi connectivity index (χ0v) is 13.0. The second-order valence-electron chi connectivity index (χ2n) is 5.66. The van der Waals surface area contributed by atoms with E-state index < -0.39 is 5.92 Å². The van der Waals surface area contributed by atoms with Crippen LogP contribution >= 0.6 is 0 Å². The summed E-state index contributed by atoms with van der Waals surface area (Å²) in [6.45, 7) is 0. The largest absolute Gasteiger partial charge is 0.420 e. The maximum atomic E-state index is 13.3. The first-order valence-corrected chi connectivity index (χ1v) is 7.65. The molecule has 122 valence electrons. The van der Waals surface area contributed by atoms with Gasteiger partial charge in [0.15, 0.2) is 0 Å². The van der Waals surface area contributed by atoms with Gasteiger partial charge in [-0.1, -0.05) is 30.3 Å². The Labute approximate surface area is 143 Å². The van der Waals surface area contributed by atoms with Crippen LogP contribution in [0.25, 0.3) is 11.3 Å². The van der Waals surface area contributed by atoms with Gasteiger partial charge in [0.1, 0.15) is 17.5 Å². The number of halogens is 1. The van der Waals surface area contributed by atoms with E-state index in [1.54, 1.807) is 12.1 Å². The number of nitriles is 1. The molecule has 2 heterocycles. The molecule has 0 bridgehead atoms. The molecule has 0 fully saturated rings. The number of nitrogens with one attached hydrogen (secondary N) is 1. The number of fused-ring (bicyclic) bond motifs is 1. The van der Waals surface area contributed by atoms with Crippen LogP contribution in [-0.2, 0) is 0 Å². The summed E-state index contributed by atoms with van der Waals surface area (Å²) in [5.74, 6) is -0.366. The molecule has 0 spiro atoms. The van der Waals surface area contributed by atoms with Gasteiger partial charge in [-0.15, -0.1) is 5.10 Å². The van der Waals surface area contributed by atoms with Crippen LogP contribution in [0.15, 0.2) is 66.1 Å². The predicted octanol–water partition coefficient (Wildman–Crippen LogP) is 3.43. The molecule has 2 aromatic carbocycles. The molecule has 5 nitrogen and oxygen atoms in total. The average Bonchev–Trinajstić information content (AvgIpc) is 3.05. The summed E-state index contributed by atoms with van der Waals surface area (Å²) in [6, 6.07) is 17.7. The fourth-order valence-corrected chi connectivity index (χ4v) is 3.06. The van der Waals surface area contributed by atoms with Crippen molar-refractivity contribution in [2.24, 2.45) is 5.73 Å². The first kappa shape index (κ1) is 15.0. The number of nitrogens with zero attached hydrogens (tertiary/aromatic N) is 2. The lowest BCUT2D eigenvalue weighted by atomic mass is 9.83. The van der Waals surface area contributed by atoms with Gasteiger partial charge in [0.25, 0.3) is 0 Å². The molecular formula is C19H13FN4O. The Morgan fingerprint density at radius 3 is 2.52 bits per heavy atom. The third-order valence-corrected chi connectivity index (χ3v) is 4.20. The Kier molecular flexibility index (Phi) is 3.47. The summed E-state index contributed by atoms with van der Waals surface area (Å²) in [7, 11) is 0. The summed E-state index contributed by atoms with van der Waals surface area (Å²) < 4.78 is 18.8. The molecule has 4 rings (SSSR count). The number of allylic oxidation sites excluding steroid dienone is 1. The number of H-pyrrole nitrogens is 1. The van der Waals surface area contributed by atoms with Crippen LogP contribution in [-0.4, -0.2) is 10.2 Å². The summed E-state index contributed by atoms with van der Waals surface area (Å²) in [6.07, 6.45) is 0. The Hall–Kier alpha value is -3.59. The Morgan fingerprint density at radius 1 is 1.12 bits per heavy atom. The quantitative estimate of drug-likeness (QED) is 0.752. The molecule has 0 aliphatic carbocycles. The first-order chi connectivity index (χ1) is 12.2. The van der Waals surface area contributed by atoms with Gasteiger partial charge in [-0.3, -0.25) is 5.10 Å². The summed E-state index contributed by atoms with van der Waals surface area (Å²) in [5.41, 5.74) is 9.28. The van der Waals surface area contributed by atoms with Crippen molar-refractivity contribution in [1.29, 1.82) is 5.26 Å². The lowest BCUT2D eigenvalue weighted by Crippen LogP contribution is -2.20. The minimum absolute atomic E-state index is 0.0426. The number of rotatable bonds is 2. The van der Waals surface area contributed by atoms with E-state index >= 15 is 0 Å². The van der Waals surface area contributed by atoms with Gasteiger partial charge >= 0.3 is 0 Å². The number of benzene rings is 2. The van der Waals surface area contributed by atoms with Crippen LogP contribution < -0.4 is 10.5 Å². The van der Waals surface area contributed by atoms with E-state index in [9.17, 15) is 9.65 Å². The normalized spacial score (nSPS) is 16.1. The summed E-state index contributed by atoms with van der Waals surface area (Å²) >= 11 is 0. The second-order valence-corrected chi connectivity index (χ2v) is 5.66. The third kappa shape index (κ3) is 2.42. The van der Waals surface area contributed by atoms with Crippen LogP contribution in [0.5, 0.6) is 5.88 Å². The number of ether oxygens (including phenoxy) is 1. The lowest BCUT2D eigenvalue weighted by Gasteiger charge is -2.24. The molecule has 1 atom stereocenters. The van der Waals surface area contributed by atoms with Crippen LogP contribution in [0.3, 0.4) is 0 Å². The van der Waals surface area contributed by atoms with Crippen LogP contribution in [0, 0.1) is 17.1 Å². The maximum Gasteiger partial charge on any atom is 0.244 e. The minimum atomic E-state index is -0.409. The Balaban J connectivity index is 1.94. The zero-order valence-electron chi connectivity index (χ0n) is 13.0. The molecule has 0 saturated carbocycles. The van der Waals surface area contributed by atoms with Crippen molar-refractivity contribution >= 4 is 0 Å². The molecule has 0 saturated heterocycles. The second kappa shape index (κ2) is 5.80. The number of aromatic amines is 1. The topological polar surface area (TPSA) is 87.7 Å². The molecular weight excluding hydrogens is 319 g/mol. The van der Waals surface area contributed by atoms with E-state index in [0.717, 1.165) is 11.1 Å². The Morgan fingerprint density at radius 2 is 1.84 bits per heavy atom. The zero-order chi connectivity index (χ0) is 17.4. The molecule has 1 unspecified atom stereocenters. The molecule has 25 heavy (non-hydrogen) atoms. The fraction of sp³-hybridized carbons (Fsp3) is 0.0526. The van der Waals surface area contributed by atoms with E-state index in [4.69, 9.17) is 10.5 Å². The molecule has 3 N–H and O–H groups in total. The van der Waals surface area contributed by atoms with Crippen molar-refractivity contribution < 1.29 is 9.13 Å². The molecule has 0 radical (unpaired) electrons. The van der Waals surface area contributed by atoms with E-state index in [-0.39, 0.29) is 11.7 Å². The molecule has 6 heteroatoms. The van der Waals surface area contributed by atoms with Gasteiger partial charge in [-0.2, -0.15) is 5.26 Å². The maximum absolute atomic E-state index is 13.3. The van der Waals surface area contributed by atoms with Crippen LogP contribution in [0.4, 0.5) is 4.39 Å². The number of aromatic nitrogens is 2. The number of nitrogens with two attached hydrogens (primary N) is 1. The molecule has 0 amide bonds. The average molecular weight is 332 g/mol. The van der Waals surface area contributed by atoms with Crippen molar-refractivity contribution in [2.45, 2.75) is 5.92 Å². The monoisotopic (exact) mass is 332 g/mol. The van der Waals surface area contributed by atoms with Gasteiger partial charge in [0, 0.05) is 5.56 Å². The third-order valence-electron chi connectivity index (χ3n) is 4.20. The van der Waals surface area contributed by atoms with E-state index in [1.165, 1.54) is 12.1 Å². The van der Waals surface area contributed by atoms with Crippen LogP contribution in [0.2, 0.25) is 0 Å². The minimum Gasteiger partial charge on any atom is -0.420 e. The van der Waals surface area contributed by atoms with Gasteiger partial charge < -0.3 is 10.5 Å². The lowest BCUT2D eigenvalue weighted by molar-refractivity contribution is 0.379. The highest BCUT2D eigenvalue weighted by molar-refractivity contribution is 5.70. The van der Waals surface area contributed by atoms with Crippen molar-refractivity contribution in [2.75, 3.05) is 0 Å².